The van der Waals surface area contributed by atoms with E-state index in [0.717, 1.165) is 31.7 Å². The molecule has 1 aromatic rings. The van der Waals surface area contributed by atoms with Crippen LogP contribution in [0.15, 0.2) is 36.9 Å². The van der Waals surface area contributed by atoms with Crippen molar-refractivity contribution in [2.45, 2.75) is 19.1 Å². The molecule has 2 heterocycles. The Labute approximate surface area is 136 Å². The largest absolute Gasteiger partial charge is 0.490 e. The van der Waals surface area contributed by atoms with Crippen molar-refractivity contribution in [2.75, 3.05) is 32.9 Å². The highest BCUT2D eigenvalue weighted by atomic mass is 16.7. The third kappa shape index (κ3) is 3.92. The minimum atomic E-state index is -0.0754. The fraction of sp³-hybridized carbons (Fsp3) is 0.500. The van der Waals surface area contributed by atoms with Crippen LogP contribution in [0.2, 0.25) is 0 Å². The maximum absolute atomic E-state index is 12.6. The summed E-state index contributed by atoms with van der Waals surface area (Å²) in [5, 5.41) is 0. The van der Waals surface area contributed by atoms with Gasteiger partial charge in [-0.05, 0) is 37.1 Å². The number of likely N-dealkylation sites (tertiary alicyclic amines) is 1. The average molecular weight is 317 g/mol. The summed E-state index contributed by atoms with van der Waals surface area (Å²) in [7, 11) is 0. The highest BCUT2D eigenvalue weighted by Crippen LogP contribution is 2.26. The van der Waals surface area contributed by atoms with Gasteiger partial charge in [-0.15, -0.1) is 0 Å². The van der Waals surface area contributed by atoms with E-state index in [4.69, 9.17) is 14.2 Å². The number of hydrogen-bond acceptors (Lipinski definition) is 4. The fourth-order valence-electron chi connectivity index (χ4n) is 3.05. The molecule has 1 aromatic carbocycles. The quantitative estimate of drug-likeness (QED) is 0.783. The van der Waals surface area contributed by atoms with Crippen LogP contribution in [0.3, 0.4) is 0 Å². The number of carbonyl (C=O) groups is 1. The third-order valence-corrected chi connectivity index (χ3v) is 4.33. The predicted molar refractivity (Wildman–Crippen MR) is 86.5 cm³/mol. The second-order valence-electron chi connectivity index (χ2n) is 5.86. The molecule has 0 saturated carbocycles. The number of benzene rings is 1. The van der Waals surface area contributed by atoms with Crippen molar-refractivity contribution < 1.29 is 19.0 Å². The highest BCUT2D eigenvalue weighted by Gasteiger charge is 2.31. The van der Waals surface area contributed by atoms with Crippen LogP contribution >= 0.6 is 0 Å². The molecule has 5 heteroatoms. The van der Waals surface area contributed by atoms with E-state index in [1.165, 1.54) is 0 Å². The number of hydrogen-bond donors (Lipinski definition) is 0. The summed E-state index contributed by atoms with van der Waals surface area (Å²) < 4.78 is 16.6. The Hall–Kier alpha value is -1.85. The van der Waals surface area contributed by atoms with Crippen molar-refractivity contribution in [3.63, 3.8) is 0 Å². The minimum Gasteiger partial charge on any atom is -0.490 e. The monoisotopic (exact) mass is 317 g/mol. The van der Waals surface area contributed by atoms with E-state index < -0.39 is 0 Å². The molecule has 2 fully saturated rings. The van der Waals surface area contributed by atoms with E-state index in [0.29, 0.717) is 31.3 Å². The van der Waals surface area contributed by atoms with Gasteiger partial charge in [0, 0.05) is 24.6 Å². The summed E-state index contributed by atoms with van der Waals surface area (Å²) in [5.41, 5.74) is 0.697. The zero-order chi connectivity index (χ0) is 16.1. The van der Waals surface area contributed by atoms with Crippen LogP contribution in [0.25, 0.3) is 0 Å². The van der Waals surface area contributed by atoms with Gasteiger partial charge >= 0.3 is 0 Å². The Morgan fingerprint density at radius 1 is 1.22 bits per heavy atom. The molecule has 0 spiro atoms. The highest BCUT2D eigenvalue weighted by molar-refractivity contribution is 5.94. The summed E-state index contributed by atoms with van der Waals surface area (Å²) in [6.07, 6.45) is 3.48. The first-order valence-corrected chi connectivity index (χ1v) is 8.14. The van der Waals surface area contributed by atoms with Crippen molar-refractivity contribution in [1.82, 2.24) is 4.90 Å². The molecule has 1 amide bonds. The summed E-state index contributed by atoms with van der Waals surface area (Å²) >= 11 is 0. The lowest BCUT2D eigenvalue weighted by Crippen LogP contribution is -2.41. The molecule has 0 N–H and O–H groups in total. The topological polar surface area (TPSA) is 48.0 Å². The number of rotatable bonds is 5. The molecular formula is C18H23NO4. The molecule has 124 valence electrons. The van der Waals surface area contributed by atoms with Crippen LogP contribution in [-0.2, 0) is 9.47 Å². The van der Waals surface area contributed by atoms with Crippen LogP contribution < -0.4 is 4.74 Å². The molecule has 23 heavy (non-hydrogen) atoms. The molecular weight excluding hydrogens is 294 g/mol. The Balaban J connectivity index is 1.53. The number of piperidine rings is 1. The van der Waals surface area contributed by atoms with Crippen molar-refractivity contribution in [1.29, 1.82) is 0 Å². The molecule has 0 aromatic heterocycles. The minimum absolute atomic E-state index is 0.0754. The van der Waals surface area contributed by atoms with E-state index in [-0.39, 0.29) is 12.2 Å². The summed E-state index contributed by atoms with van der Waals surface area (Å²) in [5.74, 6) is 1.22. The van der Waals surface area contributed by atoms with Gasteiger partial charge in [0.05, 0.1) is 13.2 Å². The van der Waals surface area contributed by atoms with Gasteiger partial charge in [0.2, 0.25) is 0 Å². The van der Waals surface area contributed by atoms with Crippen LogP contribution in [0.4, 0.5) is 0 Å². The Morgan fingerprint density at radius 2 is 1.87 bits per heavy atom. The maximum Gasteiger partial charge on any atom is 0.253 e. The first kappa shape index (κ1) is 16.0. The van der Waals surface area contributed by atoms with Gasteiger partial charge < -0.3 is 19.1 Å². The van der Waals surface area contributed by atoms with Crippen molar-refractivity contribution in [3.8, 4) is 5.75 Å². The van der Waals surface area contributed by atoms with Crippen LogP contribution in [-0.4, -0.2) is 50.0 Å². The number of nitrogens with zero attached hydrogens (tertiary/aromatic N) is 1. The maximum atomic E-state index is 12.6. The standard InChI is InChI=1S/C18H23NO4/c1-2-11-21-16-5-3-14(4-6-16)17(20)19-9-7-15(8-10-19)18-22-12-13-23-18/h2-6,15,18H,1,7-13H2. The molecule has 0 bridgehead atoms. The summed E-state index contributed by atoms with van der Waals surface area (Å²) in [6.45, 7) is 6.95. The Kier molecular flexibility index (Phi) is 5.31. The summed E-state index contributed by atoms with van der Waals surface area (Å²) in [6, 6.07) is 7.28. The van der Waals surface area contributed by atoms with E-state index in [2.05, 4.69) is 6.58 Å². The zero-order valence-corrected chi connectivity index (χ0v) is 13.3. The second-order valence-corrected chi connectivity index (χ2v) is 5.86. The molecule has 2 saturated heterocycles. The third-order valence-electron chi connectivity index (χ3n) is 4.33. The molecule has 0 aliphatic carbocycles. The average Bonchev–Trinajstić information content (AvgIpc) is 3.14. The van der Waals surface area contributed by atoms with Crippen LogP contribution in [0.1, 0.15) is 23.2 Å². The molecule has 2 aliphatic heterocycles. The first-order chi connectivity index (χ1) is 11.3. The Bertz CT molecular complexity index is 528. The van der Waals surface area contributed by atoms with Gasteiger partial charge in [-0.25, -0.2) is 0 Å². The first-order valence-electron chi connectivity index (χ1n) is 8.14. The summed E-state index contributed by atoms with van der Waals surface area (Å²) in [4.78, 5) is 14.5. The normalized spacial score (nSPS) is 19.7. The smallest absolute Gasteiger partial charge is 0.253 e. The predicted octanol–water partition coefficient (Wildman–Crippen LogP) is 2.48. The lowest BCUT2D eigenvalue weighted by molar-refractivity contribution is -0.0956. The van der Waals surface area contributed by atoms with Gasteiger partial charge in [0.25, 0.3) is 5.91 Å². The van der Waals surface area contributed by atoms with Gasteiger partial charge in [-0.3, -0.25) is 4.79 Å². The number of amides is 1. The van der Waals surface area contributed by atoms with Crippen molar-refractivity contribution >= 4 is 5.91 Å². The van der Waals surface area contributed by atoms with Crippen molar-refractivity contribution in [3.05, 3.63) is 42.5 Å². The van der Waals surface area contributed by atoms with Gasteiger partial charge in [-0.2, -0.15) is 0 Å². The molecule has 0 radical (unpaired) electrons. The van der Waals surface area contributed by atoms with E-state index in [1.807, 2.05) is 29.2 Å². The number of ether oxygens (including phenoxy) is 3. The second kappa shape index (κ2) is 7.62. The molecule has 0 atom stereocenters. The van der Waals surface area contributed by atoms with Gasteiger partial charge in [-0.1, -0.05) is 12.7 Å². The van der Waals surface area contributed by atoms with Crippen LogP contribution in [0, 0.1) is 5.92 Å². The van der Waals surface area contributed by atoms with E-state index in [9.17, 15) is 4.79 Å². The Morgan fingerprint density at radius 3 is 2.48 bits per heavy atom. The van der Waals surface area contributed by atoms with Crippen LogP contribution in [0.5, 0.6) is 5.75 Å². The van der Waals surface area contributed by atoms with E-state index >= 15 is 0 Å². The molecule has 3 rings (SSSR count). The van der Waals surface area contributed by atoms with Gasteiger partial charge in [0.1, 0.15) is 12.4 Å². The molecule has 2 aliphatic rings. The molecule has 5 nitrogen and oxygen atoms in total. The number of carbonyl (C=O) groups excluding carboxylic acids is 1. The van der Waals surface area contributed by atoms with Crippen molar-refractivity contribution in [2.24, 2.45) is 5.92 Å². The molecule has 0 unspecified atom stereocenters. The zero-order valence-electron chi connectivity index (χ0n) is 13.3. The SMILES string of the molecule is C=CCOc1ccc(C(=O)N2CCC(C3OCCO3)CC2)cc1. The van der Waals surface area contributed by atoms with Gasteiger partial charge in [0.15, 0.2) is 6.29 Å². The van der Waals surface area contributed by atoms with E-state index in [1.54, 1.807) is 6.08 Å². The lowest BCUT2D eigenvalue weighted by Gasteiger charge is -2.33. The fourth-order valence-corrected chi connectivity index (χ4v) is 3.05. The lowest BCUT2D eigenvalue weighted by atomic mass is 9.95.